The van der Waals surface area contributed by atoms with Crippen molar-refractivity contribution >= 4 is 28.3 Å². The average molecular weight is 336 g/mol. The second-order valence-electron chi connectivity index (χ2n) is 6.56. The number of anilines is 2. The third-order valence-electron chi connectivity index (χ3n) is 4.76. The summed E-state index contributed by atoms with van der Waals surface area (Å²) in [5.41, 5.74) is 2.62. The van der Waals surface area contributed by atoms with Crippen molar-refractivity contribution in [1.82, 2.24) is 0 Å². The maximum atomic E-state index is 12.6. The molecule has 2 heterocycles. The van der Waals surface area contributed by atoms with Crippen molar-refractivity contribution in [2.75, 3.05) is 43.4 Å². The molecule has 1 aliphatic heterocycles. The molecule has 0 atom stereocenters. The minimum absolute atomic E-state index is 0.219. The molecule has 1 aliphatic rings. The monoisotopic (exact) mass is 336 g/mol. The Balaban J connectivity index is 1.57. The first kappa shape index (κ1) is 15.7. The Labute approximate surface area is 146 Å². The van der Waals surface area contributed by atoms with E-state index in [4.69, 9.17) is 4.42 Å². The van der Waals surface area contributed by atoms with E-state index < -0.39 is 0 Å². The van der Waals surface area contributed by atoms with Crippen LogP contribution in [0.1, 0.15) is 10.6 Å². The summed E-state index contributed by atoms with van der Waals surface area (Å²) in [6.07, 6.45) is 0. The van der Waals surface area contributed by atoms with Gasteiger partial charge in [-0.05, 0) is 24.3 Å². The molecule has 2 N–H and O–H groups in total. The normalized spacial score (nSPS) is 15.5. The van der Waals surface area contributed by atoms with Gasteiger partial charge < -0.3 is 19.5 Å². The lowest BCUT2D eigenvalue weighted by atomic mass is 10.2. The Kier molecular flexibility index (Phi) is 4.15. The van der Waals surface area contributed by atoms with E-state index in [0.29, 0.717) is 5.76 Å². The van der Waals surface area contributed by atoms with Crippen LogP contribution in [0, 0.1) is 0 Å². The molecule has 1 amide bonds. The first-order chi connectivity index (χ1) is 12.2. The quantitative estimate of drug-likeness (QED) is 0.769. The lowest BCUT2D eigenvalue weighted by Crippen LogP contribution is -3.12. The number of quaternary nitrogens is 1. The molecule has 1 aromatic heterocycles. The zero-order valence-electron chi connectivity index (χ0n) is 14.3. The van der Waals surface area contributed by atoms with Gasteiger partial charge in [0.2, 0.25) is 0 Å². The van der Waals surface area contributed by atoms with Crippen LogP contribution in [-0.4, -0.2) is 39.1 Å². The number of hydrogen-bond acceptors (Lipinski definition) is 3. The minimum Gasteiger partial charge on any atom is -0.451 e. The van der Waals surface area contributed by atoms with Crippen LogP contribution in [0.4, 0.5) is 11.4 Å². The minimum atomic E-state index is -0.219. The molecular weight excluding hydrogens is 314 g/mol. The molecule has 128 valence electrons. The summed E-state index contributed by atoms with van der Waals surface area (Å²) >= 11 is 0. The number of carbonyl (C=O) groups is 1. The van der Waals surface area contributed by atoms with Crippen molar-refractivity contribution < 1.29 is 14.1 Å². The molecule has 1 fully saturated rings. The van der Waals surface area contributed by atoms with Crippen LogP contribution in [0.3, 0.4) is 0 Å². The number of furan rings is 1. The van der Waals surface area contributed by atoms with Crippen molar-refractivity contribution in [3.05, 3.63) is 60.4 Å². The highest BCUT2D eigenvalue weighted by atomic mass is 16.3. The van der Waals surface area contributed by atoms with Crippen molar-refractivity contribution in [2.24, 2.45) is 0 Å². The van der Waals surface area contributed by atoms with Gasteiger partial charge in [-0.2, -0.15) is 0 Å². The summed E-state index contributed by atoms with van der Waals surface area (Å²) in [5, 5.41) is 3.95. The van der Waals surface area contributed by atoms with Crippen molar-refractivity contribution in [3.63, 3.8) is 0 Å². The first-order valence-corrected chi connectivity index (χ1v) is 8.66. The molecule has 0 aliphatic carbocycles. The molecular formula is C20H22N3O2+. The second kappa shape index (κ2) is 6.61. The van der Waals surface area contributed by atoms with Gasteiger partial charge in [0.15, 0.2) is 5.76 Å². The van der Waals surface area contributed by atoms with E-state index in [1.54, 1.807) is 11.0 Å². The molecule has 25 heavy (non-hydrogen) atoms. The van der Waals surface area contributed by atoms with Crippen molar-refractivity contribution in [2.45, 2.75) is 0 Å². The van der Waals surface area contributed by atoms with E-state index in [9.17, 15) is 4.79 Å². The molecule has 3 aromatic rings. The number of likely N-dealkylation sites (N-methyl/N-ethyl adjacent to an activating group) is 1. The van der Waals surface area contributed by atoms with Crippen LogP contribution in [-0.2, 0) is 0 Å². The fraction of sp³-hybridized carbons (Fsp3) is 0.250. The Bertz CT molecular complexity index is 862. The second-order valence-corrected chi connectivity index (χ2v) is 6.56. The highest BCUT2D eigenvalue weighted by Crippen LogP contribution is 2.27. The highest BCUT2D eigenvalue weighted by Gasteiger charge is 2.20. The van der Waals surface area contributed by atoms with Crippen LogP contribution in [0.15, 0.2) is 59.0 Å². The Morgan fingerprint density at radius 1 is 1.08 bits per heavy atom. The third kappa shape index (κ3) is 3.23. The first-order valence-electron chi connectivity index (χ1n) is 8.66. The molecule has 0 radical (unpaired) electrons. The van der Waals surface area contributed by atoms with E-state index >= 15 is 0 Å². The van der Waals surface area contributed by atoms with Gasteiger partial charge in [-0.3, -0.25) is 4.79 Å². The zero-order chi connectivity index (χ0) is 17.2. The molecule has 0 saturated carbocycles. The van der Waals surface area contributed by atoms with Gasteiger partial charge in [-0.1, -0.05) is 30.3 Å². The maximum Gasteiger partial charge on any atom is 0.291 e. The predicted molar refractivity (Wildman–Crippen MR) is 99.4 cm³/mol. The Morgan fingerprint density at radius 2 is 1.80 bits per heavy atom. The van der Waals surface area contributed by atoms with Gasteiger partial charge in [0.05, 0.1) is 44.6 Å². The lowest BCUT2D eigenvalue weighted by molar-refractivity contribution is -0.880. The number of benzene rings is 2. The molecule has 1 saturated heterocycles. The van der Waals surface area contributed by atoms with Gasteiger partial charge in [-0.25, -0.2) is 0 Å². The topological polar surface area (TPSA) is 49.9 Å². The maximum absolute atomic E-state index is 12.6. The SMILES string of the molecule is C[NH+]1CCN(c2ccccc2NC(=O)c2cc3ccccc3o2)CC1. The van der Waals surface area contributed by atoms with Crippen LogP contribution >= 0.6 is 0 Å². The summed E-state index contributed by atoms with van der Waals surface area (Å²) in [6, 6.07) is 17.4. The number of carbonyl (C=O) groups excluding carboxylic acids is 1. The van der Waals surface area contributed by atoms with Crippen molar-refractivity contribution in [3.8, 4) is 0 Å². The fourth-order valence-electron chi connectivity index (χ4n) is 3.26. The van der Waals surface area contributed by atoms with Gasteiger partial charge in [-0.15, -0.1) is 0 Å². The van der Waals surface area contributed by atoms with E-state index in [1.807, 2.05) is 42.5 Å². The largest absolute Gasteiger partial charge is 0.451 e. The summed E-state index contributed by atoms with van der Waals surface area (Å²) in [5.74, 6) is 0.113. The van der Waals surface area contributed by atoms with Gasteiger partial charge in [0.25, 0.3) is 5.91 Å². The lowest BCUT2D eigenvalue weighted by Gasteiger charge is -2.32. The molecule has 0 spiro atoms. The molecule has 0 unspecified atom stereocenters. The highest BCUT2D eigenvalue weighted by molar-refractivity contribution is 6.06. The molecule has 2 aromatic carbocycles. The van der Waals surface area contributed by atoms with Crippen LogP contribution in [0.25, 0.3) is 11.0 Å². The Hall–Kier alpha value is -2.79. The number of piperazine rings is 1. The predicted octanol–water partition coefficient (Wildman–Crippen LogP) is 2.02. The van der Waals surface area contributed by atoms with E-state index in [2.05, 4.69) is 23.3 Å². The fourth-order valence-corrected chi connectivity index (χ4v) is 3.26. The smallest absolute Gasteiger partial charge is 0.291 e. The van der Waals surface area contributed by atoms with Crippen LogP contribution in [0.2, 0.25) is 0 Å². The van der Waals surface area contributed by atoms with Crippen LogP contribution in [0.5, 0.6) is 0 Å². The number of hydrogen-bond donors (Lipinski definition) is 2. The molecule has 5 heteroatoms. The number of nitrogens with zero attached hydrogens (tertiary/aromatic N) is 1. The summed E-state index contributed by atoms with van der Waals surface area (Å²) < 4.78 is 5.67. The summed E-state index contributed by atoms with van der Waals surface area (Å²) in [4.78, 5) is 16.5. The molecule has 0 bridgehead atoms. The van der Waals surface area contributed by atoms with Crippen molar-refractivity contribution in [1.29, 1.82) is 0 Å². The Morgan fingerprint density at radius 3 is 2.60 bits per heavy atom. The number of amides is 1. The van der Waals surface area contributed by atoms with Gasteiger partial charge >= 0.3 is 0 Å². The summed E-state index contributed by atoms with van der Waals surface area (Å²) in [7, 11) is 2.21. The standard InChI is InChI=1S/C20H21N3O2/c1-22-10-12-23(13-11-22)17-8-4-3-7-16(17)21-20(24)19-14-15-6-2-5-9-18(15)25-19/h2-9,14H,10-13H2,1H3,(H,21,24)/p+1. The number of para-hydroxylation sites is 3. The summed E-state index contributed by atoms with van der Waals surface area (Å²) in [6.45, 7) is 4.18. The average Bonchev–Trinajstić information content (AvgIpc) is 3.07. The van der Waals surface area contributed by atoms with E-state index in [-0.39, 0.29) is 5.91 Å². The van der Waals surface area contributed by atoms with E-state index in [0.717, 1.165) is 48.5 Å². The number of nitrogens with one attached hydrogen (secondary N) is 2. The number of rotatable bonds is 3. The van der Waals surface area contributed by atoms with Gasteiger partial charge in [0.1, 0.15) is 5.58 Å². The molecule has 4 rings (SSSR count). The van der Waals surface area contributed by atoms with Crippen LogP contribution < -0.4 is 15.1 Å². The third-order valence-corrected chi connectivity index (χ3v) is 4.76. The van der Waals surface area contributed by atoms with Gasteiger partial charge in [0, 0.05) is 5.39 Å². The molecule has 5 nitrogen and oxygen atoms in total. The van der Waals surface area contributed by atoms with E-state index in [1.165, 1.54) is 0 Å². The number of fused-ring (bicyclic) bond motifs is 1. The zero-order valence-corrected chi connectivity index (χ0v) is 14.3.